The lowest BCUT2D eigenvalue weighted by Gasteiger charge is -2.32. The Kier molecular flexibility index (Phi) is 7.45. The van der Waals surface area contributed by atoms with E-state index in [-0.39, 0.29) is 12.3 Å². The van der Waals surface area contributed by atoms with Crippen LogP contribution in [0, 0.1) is 0 Å². The highest BCUT2D eigenvalue weighted by Gasteiger charge is 2.27. The first-order valence-corrected chi connectivity index (χ1v) is 21.0. The molecule has 0 amide bonds. The molecule has 57 heavy (non-hydrogen) atoms. The maximum absolute atomic E-state index is 5.31. The van der Waals surface area contributed by atoms with Gasteiger partial charge in [-0.15, -0.1) is 22.7 Å². The monoisotopic (exact) mass is 766 g/mol. The van der Waals surface area contributed by atoms with Crippen LogP contribution in [0.25, 0.3) is 79.0 Å². The van der Waals surface area contributed by atoms with E-state index < -0.39 is 0 Å². The van der Waals surface area contributed by atoms with Crippen LogP contribution in [0.1, 0.15) is 29.0 Å². The van der Waals surface area contributed by atoms with Crippen molar-refractivity contribution in [2.75, 3.05) is 0 Å². The minimum Gasteiger partial charge on any atom is -0.350 e. The lowest BCUT2D eigenvalue weighted by molar-refractivity contribution is 0.410. The van der Waals surface area contributed by atoms with Gasteiger partial charge in [-0.05, 0) is 59.2 Å². The summed E-state index contributed by atoms with van der Waals surface area (Å²) in [5.41, 5.74) is 9.60. The number of hydrogen-bond acceptors (Lipinski definition) is 5. The largest absolute Gasteiger partial charge is 0.350 e. The second kappa shape index (κ2) is 13.0. The molecular weight excluding hydrogens is 733 g/mol. The van der Waals surface area contributed by atoms with Crippen LogP contribution in [0.15, 0.2) is 187 Å². The number of aromatic nitrogens is 1. The van der Waals surface area contributed by atoms with E-state index in [1.54, 1.807) is 0 Å². The SMILES string of the molecule is c1ccc(C2=NC(c3cccc4sc5cc(-c6cccc7c6sc6ccc(-n8c9ccccc9c9ccccc98)cc67)ccc5c34)NC(c3ccccc3)N2)cc1. The fraction of sp³-hybridized carbons (Fsp3) is 0.0392. The van der Waals surface area contributed by atoms with Crippen LogP contribution in [-0.2, 0) is 0 Å². The van der Waals surface area contributed by atoms with Crippen molar-refractivity contribution in [1.29, 1.82) is 0 Å². The number of rotatable bonds is 5. The average Bonchev–Trinajstić information content (AvgIpc) is 3.96. The zero-order valence-electron chi connectivity index (χ0n) is 30.7. The molecule has 0 saturated carbocycles. The van der Waals surface area contributed by atoms with Gasteiger partial charge in [-0.1, -0.05) is 140 Å². The van der Waals surface area contributed by atoms with Gasteiger partial charge in [-0.2, -0.15) is 0 Å². The number of amidine groups is 1. The molecule has 2 unspecified atom stereocenters. The van der Waals surface area contributed by atoms with E-state index in [1.165, 1.54) is 90.1 Å². The molecule has 0 radical (unpaired) electrons. The molecule has 2 atom stereocenters. The summed E-state index contributed by atoms with van der Waals surface area (Å²) in [6, 6.07) is 66.0. The Balaban J connectivity index is 0.966. The summed E-state index contributed by atoms with van der Waals surface area (Å²) in [6.07, 6.45) is -0.317. The first-order valence-electron chi connectivity index (χ1n) is 19.4. The van der Waals surface area contributed by atoms with Crippen molar-refractivity contribution in [2.24, 2.45) is 4.99 Å². The van der Waals surface area contributed by atoms with Crippen molar-refractivity contribution in [3.63, 3.8) is 0 Å². The summed E-state index contributed by atoms with van der Waals surface area (Å²) in [7, 11) is 0. The molecule has 3 aromatic heterocycles. The Labute approximate surface area is 337 Å². The van der Waals surface area contributed by atoms with E-state index >= 15 is 0 Å². The maximum Gasteiger partial charge on any atom is 0.131 e. The van der Waals surface area contributed by atoms with E-state index in [2.05, 4.69) is 197 Å². The molecule has 1 aliphatic rings. The van der Waals surface area contributed by atoms with Gasteiger partial charge >= 0.3 is 0 Å². The lowest BCUT2D eigenvalue weighted by atomic mass is 9.99. The molecule has 1 aliphatic heterocycles. The number of hydrogen-bond donors (Lipinski definition) is 2. The van der Waals surface area contributed by atoms with Gasteiger partial charge in [-0.3, -0.25) is 5.32 Å². The van der Waals surface area contributed by atoms with Crippen molar-refractivity contribution >= 4 is 90.7 Å². The maximum atomic E-state index is 5.31. The van der Waals surface area contributed by atoms with Gasteiger partial charge in [-0.25, -0.2) is 4.99 Å². The molecule has 8 aromatic carbocycles. The molecule has 0 spiro atoms. The first-order chi connectivity index (χ1) is 28.2. The number of nitrogens with one attached hydrogen (secondary N) is 2. The second-order valence-electron chi connectivity index (χ2n) is 14.8. The second-order valence-corrected chi connectivity index (χ2v) is 16.9. The highest BCUT2D eigenvalue weighted by Crippen LogP contribution is 2.45. The lowest BCUT2D eigenvalue weighted by Crippen LogP contribution is -2.44. The molecule has 0 saturated heterocycles. The van der Waals surface area contributed by atoms with Crippen LogP contribution in [-0.4, -0.2) is 10.4 Å². The van der Waals surface area contributed by atoms with Crippen molar-refractivity contribution in [3.05, 3.63) is 199 Å². The number of benzene rings is 8. The topological polar surface area (TPSA) is 41.4 Å². The van der Waals surface area contributed by atoms with E-state index in [9.17, 15) is 0 Å². The smallest absolute Gasteiger partial charge is 0.131 e. The molecule has 4 nitrogen and oxygen atoms in total. The first kappa shape index (κ1) is 32.7. The fourth-order valence-corrected chi connectivity index (χ4v) is 11.3. The van der Waals surface area contributed by atoms with Gasteiger partial charge in [0.1, 0.15) is 18.2 Å². The standard InChI is InChI=1S/C51H34N4S2/c1-3-13-31(14-4-1)49-52-50(32-15-5-2-6-16-32)54-51(53-49)40-21-12-24-45-47(40)39-27-25-33(29-46(39)56-45)35-19-11-20-38-41-30-34(26-28-44(41)57-48(35)38)55-42-22-9-7-17-36(42)37-18-8-10-23-43(37)55/h1-30,49,51,53H,(H,52,54). The number of fused-ring (bicyclic) bond motifs is 9. The van der Waals surface area contributed by atoms with Crippen LogP contribution in [0.2, 0.25) is 0 Å². The van der Waals surface area contributed by atoms with E-state index in [4.69, 9.17) is 4.99 Å². The summed E-state index contributed by atoms with van der Waals surface area (Å²) in [5.74, 6) is 0.894. The number of aliphatic imine (C=N–C) groups is 1. The molecule has 2 N–H and O–H groups in total. The van der Waals surface area contributed by atoms with E-state index in [0.29, 0.717) is 0 Å². The summed E-state index contributed by atoms with van der Waals surface area (Å²) >= 11 is 3.75. The summed E-state index contributed by atoms with van der Waals surface area (Å²) in [4.78, 5) is 5.31. The van der Waals surface area contributed by atoms with Crippen LogP contribution in [0.4, 0.5) is 0 Å². The molecule has 6 heteroatoms. The predicted molar refractivity (Wildman–Crippen MR) is 243 cm³/mol. The van der Waals surface area contributed by atoms with Crippen molar-refractivity contribution in [2.45, 2.75) is 12.3 Å². The summed E-state index contributed by atoms with van der Waals surface area (Å²) < 4.78 is 7.58. The zero-order chi connectivity index (χ0) is 37.5. The molecular formula is C51H34N4S2. The van der Waals surface area contributed by atoms with Gasteiger partial charge in [0, 0.05) is 67.9 Å². The van der Waals surface area contributed by atoms with Gasteiger partial charge in [0.15, 0.2) is 0 Å². The third kappa shape index (κ3) is 5.26. The third-order valence-corrected chi connectivity index (χ3v) is 13.8. The Morgan fingerprint density at radius 2 is 1.21 bits per heavy atom. The summed E-state index contributed by atoms with van der Waals surface area (Å²) in [6.45, 7) is 0. The normalized spacial score (nSPS) is 15.9. The van der Waals surface area contributed by atoms with Crippen LogP contribution in [0.5, 0.6) is 0 Å². The molecule has 0 fully saturated rings. The zero-order valence-corrected chi connectivity index (χ0v) is 32.3. The van der Waals surface area contributed by atoms with E-state index in [1.807, 2.05) is 22.7 Å². The molecule has 270 valence electrons. The van der Waals surface area contributed by atoms with Crippen LogP contribution in [0.3, 0.4) is 0 Å². The van der Waals surface area contributed by atoms with Gasteiger partial charge in [0.25, 0.3) is 0 Å². The highest BCUT2D eigenvalue weighted by atomic mass is 32.1. The van der Waals surface area contributed by atoms with E-state index in [0.717, 1.165) is 11.4 Å². The van der Waals surface area contributed by atoms with Gasteiger partial charge in [0.2, 0.25) is 0 Å². The van der Waals surface area contributed by atoms with Crippen LogP contribution < -0.4 is 10.6 Å². The molecule has 11 aromatic rings. The van der Waals surface area contributed by atoms with Crippen molar-refractivity contribution in [3.8, 4) is 16.8 Å². The molecule has 4 heterocycles. The molecule has 0 bridgehead atoms. The van der Waals surface area contributed by atoms with Crippen molar-refractivity contribution < 1.29 is 0 Å². The quantitative estimate of drug-likeness (QED) is 0.183. The van der Waals surface area contributed by atoms with Crippen molar-refractivity contribution in [1.82, 2.24) is 15.2 Å². The Morgan fingerprint density at radius 1 is 0.491 bits per heavy atom. The summed E-state index contributed by atoms with van der Waals surface area (Å²) in [5, 5.41) is 15.2. The average molecular weight is 767 g/mol. The Morgan fingerprint density at radius 3 is 2.02 bits per heavy atom. The molecule has 0 aliphatic carbocycles. The van der Waals surface area contributed by atoms with Crippen LogP contribution >= 0.6 is 22.7 Å². The van der Waals surface area contributed by atoms with Gasteiger partial charge < -0.3 is 9.88 Å². The number of nitrogens with zero attached hydrogens (tertiary/aromatic N) is 2. The molecule has 12 rings (SSSR count). The predicted octanol–water partition coefficient (Wildman–Crippen LogP) is 13.5. The Bertz CT molecular complexity index is 3320. The number of para-hydroxylation sites is 2. The minimum atomic E-state index is -0.229. The number of thiophene rings is 2. The minimum absolute atomic E-state index is 0.0875. The van der Waals surface area contributed by atoms with Gasteiger partial charge in [0.05, 0.1) is 11.0 Å². The highest BCUT2D eigenvalue weighted by molar-refractivity contribution is 7.26. The Hall–Kier alpha value is -6.57. The third-order valence-electron chi connectivity index (χ3n) is 11.5. The fourth-order valence-electron chi connectivity index (χ4n) is 8.88.